The van der Waals surface area contributed by atoms with Crippen LogP contribution in [0.4, 0.5) is 0 Å². The van der Waals surface area contributed by atoms with Gasteiger partial charge in [-0.2, -0.15) is 0 Å². The fourth-order valence-electron chi connectivity index (χ4n) is 3.87. The van der Waals surface area contributed by atoms with E-state index < -0.39 is 11.4 Å². The quantitative estimate of drug-likeness (QED) is 0.849. The fraction of sp³-hybridized carbons (Fsp3) is 0.938. The number of hydrogen-bond acceptors (Lipinski definition) is 2. The third kappa shape index (κ3) is 3.50. The standard InChI is InChI=1S/C16H29NO2/c1-3-16(15(18)19)9-4-10-17(12-16)11-14-7-5-13(2)6-8-14/h13-14H,3-12H2,1-2H3,(H,18,19). The van der Waals surface area contributed by atoms with Crippen LogP contribution in [-0.2, 0) is 4.79 Å². The summed E-state index contributed by atoms with van der Waals surface area (Å²) in [7, 11) is 0. The third-order valence-electron chi connectivity index (χ3n) is 5.44. The van der Waals surface area contributed by atoms with Gasteiger partial charge in [-0.15, -0.1) is 0 Å². The SMILES string of the molecule is CCC1(C(=O)O)CCCN(CC2CCC(C)CC2)C1. The van der Waals surface area contributed by atoms with Crippen LogP contribution in [0.25, 0.3) is 0 Å². The molecule has 1 N–H and O–H groups in total. The summed E-state index contributed by atoms with van der Waals surface area (Å²) >= 11 is 0. The number of carboxylic acid groups (broad SMARTS) is 1. The smallest absolute Gasteiger partial charge is 0.310 e. The Hall–Kier alpha value is -0.570. The van der Waals surface area contributed by atoms with Gasteiger partial charge in [0.1, 0.15) is 0 Å². The molecule has 1 unspecified atom stereocenters. The zero-order chi connectivity index (χ0) is 13.9. The van der Waals surface area contributed by atoms with Gasteiger partial charge in [-0.1, -0.05) is 26.7 Å². The molecule has 0 aromatic carbocycles. The van der Waals surface area contributed by atoms with Crippen molar-refractivity contribution in [2.24, 2.45) is 17.3 Å². The molecule has 0 bridgehead atoms. The van der Waals surface area contributed by atoms with E-state index in [-0.39, 0.29) is 0 Å². The van der Waals surface area contributed by atoms with Gasteiger partial charge in [0.05, 0.1) is 5.41 Å². The molecule has 3 nitrogen and oxygen atoms in total. The first-order chi connectivity index (χ1) is 9.05. The zero-order valence-corrected chi connectivity index (χ0v) is 12.5. The average Bonchev–Trinajstić information content (AvgIpc) is 2.41. The topological polar surface area (TPSA) is 40.5 Å². The van der Waals surface area contributed by atoms with Crippen molar-refractivity contribution in [1.29, 1.82) is 0 Å². The lowest BCUT2D eigenvalue weighted by Gasteiger charge is -2.41. The van der Waals surface area contributed by atoms with Crippen molar-refractivity contribution < 1.29 is 9.90 Å². The minimum atomic E-state index is -0.586. The lowest BCUT2D eigenvalue weighted by atomic mass is 9.76. The van der Waals surface area contributed by atoms with E-state index in [0.717, 1.165) is 50.7 Å². The van der Waals surface area contributed by atoms with E-state index in [9.17, 15) is 9.90 Å². The summed E-state index contributed by atoms with van der Waals surface area (Å²) in [6.45, 7) is 7.37. The predicted molar refractivity (Wildman–Crippen MR) is 77.2 cm³/mol. The van der Waals surface area contributed by atoms with E-state index in [0.29, 0.717) is 0 Å². The van der Waals surface area contributed by atoms with Crippen LogP contribution < -0.4 is 0 Å². The zero-order valence-electron chi connectivity index (χ0n) is 12.5. The van der Waals surface area contributed by atoms with Gasteiger partial charge in [0.25, 0.3) is 0 Å². The van der Waals surface area contributed by atoms with Crippen molar-refractivity contribution in [1.82, 2.24) is 4.90 Å². The molecular weight excluding hydrogens is 238 g/mol. The lowest BCUT2D eigenvalue weighted by molar-refractivity contribution is -0.153. The second-order valence-corrected chi connectivity index (χ2v) is 6.90. The molecule has 2 rings (SSSR count). The largest absolute Gasteiger partial charge is 0.481 e. The number of hydrogen-bond donors (Lipinski definition) is 1. The highest BCUT2D eigenvalue weighted by atomic mass is 16.4. The highest BCUT2D eigenvalue weighted by Crippen LogP contribution is 2.35. The van der Waals surface area contributed by atoms with E-state index in [1.54, 1.807) is 0 Å². The first-order valence-electron chi connectivity index (χ1n) is 8.01. The van der Waals surface area contributed by atoms with Crippen molar-refractivity contribution in [2.75, 3.05) is 19.6 Å². The Morgan fingerprint density at radius 3 is 2.58 bits per heavy atom. The van der Waals surface area contributed by atoms with Crippen LogP contribution in [0.5, 0.6) is 0 Å². The maximum Gasteiger partial charge on any atom is 0.310 e. The molecule has 0 radical (unpaired) electrons. The predicted octanol–water partition coefficient (Wildman–Crippen LogP) is 3.39. The van der Waals surface area contributed by atoms with Gasteiger partial charge < -0.3 is 10.0 Å². The summed E-state index contributed by atoms with van der Waals surface area (Å²) in [6.07, 6.45) is 8.06. The van der Waals surface area contributed by atoms with Crippen molar-refractivity contribution in [2.45, 2.75) is 58.8 Å². The summed E-state index contributed by atoms with van der Waals surface area (Å²) in [5, 5.41) is 9.52. The van der Waals surface area contributed by atoms with Crippen LogP contribution in [0.15, 0.2) is 0 Å². The summed E-state index contributed by atoms with van der Waals surface area (Å²) in [6, 6.07) is 0. The van der Waals surface area contributed by atoms with Crippen LogP contribution in [0.1, 0.15) is 58.8 Å². The molecule has 19 heavy (non-hydrogen) atoms. The Bertz CT molecular complexity index is 310. The summed E-state index contributed by atoms with van der Waals surface area (Å²) in [5.41, 5.74) is -0.472. The molecule has 0 aromatic heterocycles. The second-order valence-electron chi connectivity index (χ2n) is 6.90. The molecule has 1 aliphatic heterocycles. The van der Waals surface area contributed by atoms with Gasteiger partial charge in [0.2, 0.25) is 0 Å². The maximum atomic E-state index is 11.6. The first-order valence-corrected chi connectivity index (χ1v) is 8.01. The minimum Gasteiger partial charge on any atom is -0.481 e. The number of aliphatic carboxylic acids is 1. The molecule has 1 atom stereocenters. The highest BCUT2D eigenvalue weighted by molar-refractivity contribution is 5.75. The van der Waals surface area contributed by atoms with E-state index >= 15 is 0 Å². The van der Waals surface area contributed by atoms with Crippen LogP contribution in [-0.4, -0.2) is 35.6 Å². The van der Waals surface area contributed by atoms with Gasteiger partial charge in [-0.25, -0.2) is 0 Å². The van der Waals surface area contributed by atoms with Crippen molar-refractivity contribution in [3.05, 3.63) is 0 Å². The molecule has 0 aromatic rings. The molecule has 3 heteroatoms. The lowest BCUT2D eigenvalue weighted by Crippen LogP contribution is -2.49. The molecule has 1 heterocycles. The molecule has 110 valence electrons. The van der Waals surface area contributed by atoms with Crippen molar-refractivity contribution in [3.63, 3.8) is 0 Å². The average molecular weight is 267 g/mol. The molecule has 2 fully saturated rings. The van der Waals surface area contributed by atoms with Crippen molar-refractivity contribution >= 4 is 5.97 Å². The van der Waals surface area contributed by atoms with Crippen molar-refractivity contribution in [3.8, 4) is 0 Å². The molecule has 1 saturated carbocycles. The summed E-state index contributed by atoms with van der Waals surface area (Å²) in [4.78, 5) is 14.0. The fourth-order valence-corrected chi connectivity index (χ4v) is 3.87. The first kappa shape index (κ1) is 14.8. The second kappa shape index (κ2) is 6.25. The number of piperidine rings is 1. The minimum absolute atomic E-state index is 0.472. The van der Waals surface area contributed by atoms with E-state index in [1.807, 2.05) is 6.92 Å². The number of likely N-dealkylation sites (tertiary alicyclic amines) is 1. The summed E-state index contributed by atoms with van der Waals surface area (Å²) in [5.74, 6) is 1.11. The van der Waals surface area contributed by atoms with E-state index in [1.165, 1.54) is 25.7 Å². The van der Waals surface area contributed by atoms with Gasteiger partial charge >= 0.3 is 5.97 Å². The Kier molecular flexibility index (Phi) is 4.88. The number of rotatable bonds is 4. The molecule has 2 aliphatic rings. The molecular formula is C16H29NO2. The highest BCUT2D eigenvalue weighted by Gasteiger charge is 2.41. The van der Waals surface area contributed by atoms with Gasteiger partial charge in [0.15, 0.2) is 0 Å². The number of carbonyl (C=O) groups is 1. The van der Waals surface area contributed by atoms with Gasteiger partial charge in [-0.3, -0.25) is 4.79 Å². The van der Waals surface area contributed by atoms with Gasteiger partial charge in [0, 0.05) is 13.1 Å². The Morgan fingerprint density at radius 2 is 2.00 bits per heavy atom. The van der Waals surface area contributed by atoms with Crippen LogP contribution in [0.2, 0.25) is 0 Å². The Balaban J connectivity index is 1.89. The molecule has 0 spiro atoms. The van der Waals surface area contributed by atoms with Crippen LogP contribution in [0.3, 0.4) is 0 Å². The number of nitrogens with zero attached hydrogens (tertiary/aromatic N) is 1. The summed E-state index contributed by atoms with van der Waals surface area (Å²) < 4.78 is 0. The normalized spacial score (nSPS) is 37.2. The molecule has 1 aliphatic carbocycles. The third-order valence-corrected chi connectivity index (χ3v) is 5.44. The molecule has 0 amide bonds. The van der Waals surface area contributed by atoms with E-state index in [4.69, 9.17) is 0 Å². The van der Waals surface area contributed by atoms with Crippen LogP contribution >= 0.6 is 0 Å². The van der Waals surface area contributed by atoms with Crippen LogP contribution in [0, 0.1) is 17.3 Å². The molecule has 1 saturated heterocycles. The van der Waals surface area contributed by atoms with Gasteiger partial charge in [-0.05, 0) is 50.5 Å². The number of carboxylic acids is 1. The monoisotopic (exact) mass is 267 g/mol. The van der Waals surface area contributed by atoms with E-state index in [2.05, 4.69) is 11.8 Å². The Morgan fingerprint density at radius 1 is 1.32 bits per heavy atom. The maximum absolute atomic E-state index is 11.6. The Labute approximate surface area is 117 Å².